The van der Waals surface area contributed by atoms with Gasteiger partial charge in [-0.25, -0.2) is 14.3 Å². The molecule has 0 saturated carbocycles. The SMILES string of the molecule is Cc1ccccc1-c1nc2[nH]c(=O)n(CC(N)=O)c(=O)c2n1-c1ccc(Cl)cc1. The summed E-state index contributed by atoms with van der Waals surface area (Å²) in [5, 5.41) is 0.537. The van der Waals surface area contributed by atoms with Gasteiger partial charge >= 0.3 is 5.69 Å². The number of hydrogen-bond donors (Lipinski definition) is 2. The van der Waals surface area contributed by atoms with Gasteiger partial charge in [0.05, 0.1) is 0 Å². The van der Waals surface area contributed by atoms with E-state index in [1.54, 1.807) is 28.8 Å². The molecule has 2 aromatic carbocycles. The van der Waals surface area contributed by atoms with Crippen molar-refractivity contribution in [2.24, 2.45) is 5.73 Å². The minimum atomic E-state index is -0.798. The Balaban J connectivity index is 2.15. The zero-order valence-corrected chi connectivity index (χ0v) is 16.1. The minimum absolute atomic E-state index is 0.119. The van der Waals surface area contributed by atoms with E-state index in [1.165, 1.54) is 0 Å². The number of primary amides is 1. The lowest BCUT2D eigenvalue weighted by Gasteiger charge is -2.11. The van der Waals surface area contributed by atoms with E-state index in [0.29, 0.717) is 16.5 Å². The van der Waals surface area contributed by atoms with Gasteiger partial charge in [0.25, 0.3) is 5.56 Å². The van der Waals surface area contributed by atoms with Gasteiger partial charge in [0.15, 0.2) is 11.2 Å². The molecule has 9 heteroatoms. The number of rotatable bonds is 4. The summed E-state index contributed by atoms with van der Waals surface area (Å²) < 4.78 is 2.41. The van der Waals surface area contributed by atoms with Crippen molar-refractivity contribution in [2.45, 2.75) is 13.5 Å². The molecule has 0 atom stereocenters. The van der Waals surface area contributed by atoms with E-state index in [0.717, 1.165) is 15.7 Å². The van der Waals surface area contributed by atoms with E-state index in [1.807, 2.05) is 31.2 Å². The van der Waals surface area contributed by atoms with Gasteiger partial charge in [-0.2, -0.15) is 0 Å². The van der Waals surface area contributed by atoms with Crippen molar-refractivity contribution in [3.05, 3.63) is 80.0 Å². The van der Waals surface area contributed by atoms with Crippen LogP contribution in [0.4, 0.5) is 0 Å². The zero-order valence-electron chi connectivity index (χ0n) is 15.3. The highest BCUT2D eigenvalue weighted by Crippen LogP contribution is 2.28. The summed E-state index contributed by atoms with van der Waals surface area (Å²) in [7, 11) is 0. The fourth-order valence-corrected chi connectivity index (χ4v) is 3.37. The maximum atomic E-state index is 13.1. The van der Waals surface area contributed by atoms with Gasteiger partial charge in [0.1, 0.15) is 12.4 Å². The van der Waals surface area contributed by atoms with E-state index >= 15 is 0 Å². The standard InChI is InChI=1S/C20H16ClN5O3/c1-11-4-2-3-5-14(11)18-23-17-16(26(18)13-8-6-12(21)7-9-13)19(28)25(10-15(22)27)20(29)24-17/h2-9H,10H2,1H3,(H2,22,27)(H,24,29). The molecule has 0 saturated heterocycles. The molecule has 3 N–H and O–H groups in total. The number of carbonyl (C=O) groups is 1. The molecule has 2 aromatic heterocycles. The van der Waals surface area contributed by atoms with Crippen LogP contribution in [0, 0.1) is 6.92 Å². The number of H-pyrrole nitrogens is 1. The van der Waals surface area contributed by atoms with Crippen LogP contribution >= 0.6 is 11.6 Å². The second-order valence-corrected chi connectivity index (χ2v) is 6.98. The van der Waals surface area contributed by atoms with Gasteiger partial charge in [-0.3, -0.25) is 19.1 Å². The number of hydrogen-bond acceptors (Lipinski definition) is 4. The third-order valence-corrected chi connectivity index (χ3v) is 4.83. The third kappa shape index (κ3) is 3.23. The number of amides is 1. The van der Waals surface area contributed by atoms with Gasteiger partial charge < -0.3 is 5.73 Å². The number of aryl methyl sites for hydroxylation is 1. The van der Waals surface area contributed by atoms with Crippen LogP contribution in [0.1, 0.15) is 5.56 Å². The highest BCUT2D eigenvalue weighted by molar-refractivity contribution is 6.30. The van der Waals surface area contributed by atoms with Crippen molar-refractivity contribution in [1.82, 2.24) is 19.1 Å². The number of aromatic amines is 1. The molecule has 0 aliphatic carbocycles. The lowest BCUT2D eigenvalue weighted by atomic mass is 10.1. The first-order valence-corrected chi connectivity index (χ1v) is 9.10. The average Bonchev–Trinajstić information content (AvgIpc) is 3.05. The molecule has 2 heterocycles. The van der Waals surface area contributed by atoms with Gasteiger partial charge in [-0.15, -0.1) is 0 Å². The lowest BCUT2D eigenvalue weighted by molar-refractivity contribution is -0.118. The molecule has 0 bridgehead atoms. The molecule has 4 aromatic rings. The monoisotopic (exact) mass is 409 g/mol. The number of benzene rings is 2. The number of halogens is 1. The number of nitrogens with two attached hydrogens (primary N) is 1. The van der Waals surface area contributed by atoms with Crippen LogP contribution < -0.4 is 17.0 Å². The highest BCUT2D eigenvalue weighted by Gasteiger charge is 2.21. The first-order valence-electron chi connectivity index (χ1n) is 8.72. The molecule has 0 spiro atoms. The molecule has 0 unspecified atom stereocenters. The van der Waals surface area contributed by atoms with Gasteiger partial charge in [-0.05, 0) is 36.8 Å². The number of carbonyl (C=O) groups excluding carboxylic acids is 1. The molecule has 29 heavy (non-hydrogen) atoms. The lowest BCUT2D eigenvalue weighted by Crippen LogP contribution is -2.39. The maximum Gasteiger partial charge on any atom is 0.330 e. The fourth-order valence-electron chi connectivity index (χ4n) is 3.24. The molecule has 8 nitrogen and oxygen atoms in total. The number of aromatic nitrogens is 4. The highest BCUT2D eigenvalue weighted by atomic mass is 35.5. The number of nitrogens with one attached hydrogen (secondary N) is 1. The second kappa shape index (κ2) is 7.06. The summed E-state index contributed by atoms with van der Waals surface area (Å²) in [5.41, 5.74) is 6.40. The number of imidazole rings is 1. The van der Waals surface area contributed by atoms with Gasteiger partial charge in [-0.1, -0.05) is 35.9 Å². The molecule has 0 radical (unpaired) electrons. The summed E-state index contributed by atoms with van der Waals surface area (Å²) >= 11 is 6.02. The van der Waals surface area contributed by atoms with E-state index in [-0.39, 0.29) is 11.2 Å². The molecule has 4 rings (SSSR count). The number of nitrogens with zero attached hydrogens (tertiary/aromatic N) is 3. The predicted molar refractivity (Wildman–Crippen MR) is 110 cm³/mol. The van der Waals surface area contributed by atoms with Crippen LogP contribution in [0.3, 0.4) is 0 Å². The maximum absolute atomic E-state index is 13.1. The van der Waals surface area contributed by atoms with Crippen molar-refractivity contribution < 1.29 is 4.79 Å². The van der Waals surface area contributed by atoms with Crippen molar-refractivity contribution in [2.75, 3.05) is 0 Å². The molecular weight excluding hydrogens is 394 g/mol. The van der Waals surface area contributed by atoms with E-state index in [2.05, 4.69) is 9.97 Å². The molecule has 0 aliphatic rings. The molecule has 146 valence electrons. The normalized spacial score (nSPS) is 11.1. The summed E-state index contributed by atoms with van der Waals surface area (Å²) in [4.78, 5) is 43.9. The van der Waals surface area contributed by atoms with Crippen LogP contribution in [-0.2, 0) is 11.3 Å². The van der Waals surface area contributed by atoms with E-state index < -0.39 is 23.7 Å². The number of fused-ring (bicyclic) bond motifs is 1. The first-order chi connectivity index (χ1) is 13.9. The Bertz CT molecular complexity index is 1370. The second-order valence-electron chi connectivity index (χ2n) is 6.55. The van der Waals surface area contributed by atoms with Crippen LogP contribution in [0.5, 0.6) is 0 Å². The summed E-state index contributed by atoms with van der Waals surface area (Å²) in [6, 6.07) is 14.4. The Morgan fingerprint density at radius 2 is 1.83 bits per heavy atom. The molecular formula is C20H16ClN5O3. The van der Waals surface area contributed by atoms with Gasteiger partial charge in [0, 0.05) is 16.3 Å². The van der Waals surface area contributed by atoms with Crippen LogP contribution in [0.2, 0.25) is 5.02 Å². The Labute approximate surface area is 169 Å². The van der Waals surface area contributed by atoms with Crippen molar-refractivity contribution in [1.29, 1.82) is 0 Å². The Kier molecular flexibility index (Phi) is 4.56. The molecule has 1 amide bonds. The topological polar surface area (TPSA) is 116 Å². The average molecular weight is 410 g/mol. The molecule has 0 fully saturated rings. The third-order valence-electron chi connectivity index (χ3n) is 4.58. The zero-order chi connectivity index (χ0) is 20.7. The van der Waals surface area contributed by atoms with E-state index in [4.69, 9.17) is 17.3 Å². The van der Waals surface area contributed by atoms with Crippen molar-refractivity contribution in [3.63, 3.8) is 0 Å². The minimum Gasteiger partial charge on any atom is -0.368 e. The Hall–Kier alpha value is -3.65. The van der Waals surface area contributed by atoms with Crippen LogP contribution in [0.25, 0.3) is 28.2 Å². The summed E-state index contributed by atoms with van der Waals surface area (Å²) in [6.45, 7) is 1.39. The summed E-state index contributed by atoms with van der Waals surface area (Å²) in [5.74, 6) is -0.321. The van der Waals surface area contributed by atoms with Crippen molar-refractivity contribution >= 4 is 28.7 Å². The quantitative estimate of drug-likeness (QED) is 0.536. The Morgan fingerprint density at radius 1 is 1.14 bits per heavy atom. The summed E-state index contributed by atoms with van der Waals surface area (Å²) in [6.07, 6.45) is 0. The van der Waals surface area contributed by atoms with Crippen molar-refractivity contribution in [3.8, 4) is 17.1 Å². The largest absolute Gasteiger partial charge is 0.368 e. The predicted octanol–water partition coefficient (Wildman–Crippen LogP) is 1.99. The smallest absolute Gasteiger partial charge is 0.330 e. The van der Waals surface area contributed by atoms with Gasteiger partial charge in [0.2, 0.25) is 5.91 Å². The first kappa shape index (κ1) is 18.7. The van der Waals surface area contributed by atoms with E-state index in [9.17, 15) is 14.4 Å². The fraction of sp³-hybridized carbons (Fsp3) is 0.100. The Morgan fingerprint density at radius 3 is 2.48 bits per heavy atom. The van der Waals surface area contributed by atoms with Crippen LogP contribution in [0.15, 0.2) is 58.1 Å². The van der Waals surface area contributed by atoms with Crippen LogP contribution in [-0.4, -0.2) is 25.0 Å². The molecule has 0 aliphatic heterocycles.